The van der Waals surface area contributed by atoms with Crippen LogP contribution < -0.4 is 4.90 Å². The molecule has 0 N–H and O–H groups in total. The second-order valence-electron chi connectivity index (χ2n) is 8.75. The van der Waals surface area contributed by atoms with Gasteiger partial charge in [0.15, 0.2) is 0 Å². The molecular formula is C22H31N7O2. The summed E-state index contributed by atoms with van der Waals surface area (Å²) >= 11 is 0. The highest BCUT2D eigenvalue weighted by atomic mass is 16.5. The number of piperazine rings is 1. The van der Waals surface area contributed by atoms with Crippen molar-refractivity contribution in [1.82, 2.24) is 29.8 Å². The zero-order valence-electron chi connectivity index (χ0n) is 18.1. The standard InChI is InChI=1S/C22H31N7O2/c30-21(29-9-3-4-10-29)17-27-13-11-26(12-14-27)16-20-24-22(25-31-20)18-5-6-19(23-15-18)28-7-1-2-8-28/h5-6,15H,1-4,7-14,16-17H2. The third-order valence-electron chi connectivity index (χ3n) is 6.55. The molecule has 0 aliphatic carbocycles. The van der Waals surface area contributed by atoms with Crippen molar-refractivity contribution >= 4 is 11.7 Å². The SMILES string of the molecule is O=C(CN1CCN(Cc2nc(-c3ccc(N4CCCC4)nc3)no2)CC1)N1CCCC1. The van der Waals surface area contributed by atoms with E-state index in [1.165, 1.54) is 12.8 Å². The average molecular weight is 426 g/mol. The van der Waals surface area contributed by atoms with Crippen LogP contribution in [0.3, 0.4) is 0 Å². The first-order valence-electron chi connectivity index (χ1n) is 11.5. The maximum absolute atomic E-state index is 12.3. The van der Waals surface area contributed by atoms with Crippen LogP contribution in [-0.4, -0.2) is 94.6 Å². The Morgan fingerprint density at radius 3 is 2.32 bits per heavy atom. The number of pyridine rings is 1. The minimum atomic E-state index is 0.275. The Labute approximate surface area is 183 Å². The van der Waals surface area contributed by atoms with Crippen LogP contribution in [0.5, 0.6) is 0 Å². The van der Waals surface area contributed by atoms with Gasteiger partial charge in [-0.1, -0.05) is 5.16 Å². The predicted molar refractivity (Wildman–Crippen MR) is 117 cm³/mol. The molecule has 0 spiro atoms. The van der Waals surface area contributed by atoms with Crippen LogP contribution >= 0.6 is 0 Å². The molecule has 2 aromatic rings. The fourth-order valence-electron chi connectivity index (χ4n) is 4.64. The first-order valence-corrected chi connectivity index (χ1v) is 11.5. The van der Waals surface area contributed by atoms with E-state index in [1.54, 1.807) is 0 Å². The lowest BCUT2D eigenvalue weighted by Crippen LogP contribution is -2.49. The lowest BCUT2D eigenvalue weighted by Gasteiger charge is -2.34. The molecular weight excluding hydrogens is 394 g/mol. The Morgan fingerprint density at radius 1 is 0.903 bits per heavy atom. The summed E-state index contributed by atoms with van der Waals surface area (Å²) in [7, 11) is 0. The minimum Gasteiger partial charge on any atom is -0.357 e. The molecule has 3 aliphatic rings. The van der Waals surface area contributed by atoms with Gasteiger partial charge in [-0.3, -0.25) is 14.6 Å². The van der Waals surface area contributed by atoms with Gasteiger partial charge in [0.05, 0.1) is 13.1 Å². The van der Waals surface area contributed by atoms with Crippen molar-refractivity contribution in [3.05, 3.63) is 24.2 Å². The molecule has 31 heavy (non-hydrogen) atoms. The van der Waals surface area contributed by atoms with E-state index < -0.39 is 0 Å². The molecule has 2 aromatic heterocycles. The molecule has 9 nitrogen and oxygen atoms in total. The highest BCUT2D eigenvalue weighted by molar-refractivity contribution is 5.78. The van der Waals surface area contributed by atoms with Crippen molar-refractivity contribution in [3.8, 4) is 11.4 Å². The van der Waals surface area contributed by atoms with Crippen LogP contribution in [0, 0.1) is 0 Å². The number of hydrogen-bond donors (Lipinski definition) is 0. The molecule has 9 heteroatoms. The molecule has 166 valence electrons. The van der Waals surface area contributed by atoms with Crippen molar-refractivity contribution in [2.24, 2.45) is 0 Å². The van der Waals surface area contributed by atoms with Gasteiger partial charge in [0.25, 0.3) is 0 Å². The number of amides is 1. The van der Waals surface area contributed by atoms with E-state index >= 15 is 0 Å². The topological polar surface area (TPSA) is 81.8 Å². The van der Waals surface area contributed by atoms with E-state index in [-0.39, 0.29) is 5.91 Å². The summed E-state index contributed by atoms with van der Waals surface area (Å²) in [5, 5.41) is 4.15. The smallest absolute Gasteiger partial charge is 0.241 e. The number of likely N-dealkylation sites (tertiary alicyclic amines) is 1. The zero-order valence-corrected chi connectivity index (χ0v) is 18.1. The lowest BCUT2D eigenvalue weighted by molar-refractivity contribution is -0.131. The highest BCUT2D eigenvalue weighted by Crippen LogP contribution is 2.21. The van der Waals surface area contributed by atoms with Crippen LogP contribution in [0.2, 0.25) is 0 Å². The van der Waals surface area contributed by atoms with Crippen molar-refractivity contribution in [2.75, 3.05) is 63.8 Å². The molecule has 5 rings (SSSR count). The second-order valence-corrected chi connectivity index (χ2v) is 8.75. The number of rotatable bonds is 6. The zero-order chi connectivity index (χ0) is 21.0. The molecule has 3 fully saturated rings. The summed E-state index contributed by atoms with van der Waals surface area (Å²) in [6.45, 7) is 8.78. The van der Waals surface area contributed by atoms with Gasteiger partial charge < -0.3 is 14.3 Å². The number of aromatic nitrogens is 3. The van der Waals surface area contributed by atoms with Crippen molar-refractivity contribution in [3.63, 3.8) is 0 Å². The summed E-state index contributed by atoms with van der Waals surface area (Å²) in [5.41, 5.74) is 0.878. The van der Waals surface area contributed by atoms with E-state index in [4.69, 9.17) is 4.52 Å². The van der Waals surface area contributed by atoms with Crippen LogP contribution in [0.1, 0.15) is 31.6 Å². The molecule has 0 atom stereocenters. The summed E-state index contributed by atoms with van der Waals surface area (Å²) in [6, 6.07) is 4.06. The predicted octanol–water partition coefficient (Wildman–Crippen LogP) is 1.47. The third kappa shape index (κ3) is 4.88. The van der Waals surface area contributed by atoms with E-state index in [1.807, 2.05) is 23.2 Å². The van der Waals surface area contributed by atoms with Gasteiger partial charge in [-0.25, -0.2) is 4.98 Å². The third-order valence-corrected chi connectivity index (χ3v) is 6.55. The van der Waals surface area contributed by atoms with Crippen LogP contribution in [-0.2, 0) is 11.3 Å². The number of carbonyl (C=O) groups is 1. The highest BCUT2D eigenvalue weighted by Gasteiger charge is 2.24. The molecule has 0 unspecified atom stereocenters. The quantitative estimate of drug-likeness (QED) is 0.688. The largest absolute Gasteiger partial charge is 0.357 e. The fraction of sp³-hybridized carbons (Fsp3) is 0.636. The van der Waals surface area contributed by atoms with E-state index in [0.717, 1.165) is 76.6 Å². The average Bonchev–Trinajstić information content (AvgIpc) is 3.57. The molecule has 5 heterocycles. The summed E-state index contributed by atoms with van der Waals surface area (Å²) < 4.78 is 5.50. The maximum Gasteiger partial charge on any atom is 0.241 e. The van der Waals surface area contributed by atoms with Gasteiger partial charge in [-0.15, -0.1) is 0 Å². The Balaban J connectivity index is 1.10. The molecule has 0 radical (unpaired) electrons. The summed E-state index contributed by atoms with van der Waals surface area (Å²) in [5.74, 6) is 2.51. The van der Waals surface area contributed by atoms with E-state index in [9.17, 15) is 4.79 Å². The van der Waals surface area contributed by atoms with E-state index in [0.29, 0.717) is 24.8 Å². The molecule has 3 saturated heterocycles. The van der Waals surface area contributed by atoms with Gasteiger partial charge in [-0.2, -0.15) is 4.98 Å². The number of carbonyl (C=O) groups excluding carboxylic acids is 1. The van der Waals surface area contributed by atoms with Crippen molar-refractivity contribution in [2.45, 2.75) is 32.2 Å². The van der Waals surface area contributed by atoms with Crippen molar-refractivity contribution < 1.29 is 9.32 Å². The van der Waals surface area contributed by atoms with E-state index in [2.05, 4.69) is 29.8 Å². The number of nitrogens with zero attached hydrogens (tertiary/aromatic N) is 7. The van der Waals surface area contributed by atoms with Gasteiger partial charge in [0, 0.05) is 64.1 Å². The Bertz CT molecular complexity index is 864. The Kier molecular flexibility index (Phi) is 6.13. The maximum atomic E-state index is 12.3. The van der Waals surface area contributed by atoms with Gasteiger partial charge in [0.2, 0.25) is 17.6 Å². The first kappa shape index (κ1) is 20.4. The first-order chi connectivity index (χ1) is 15.2. The summed E-state index contributed by atoms with van der Waals surface area (Å²) in [6.07, 6.45) is 6.59. The summed E-state index contributed by atoms with van der Waals surface area (Å²) in [4.78, 5) is 30.4. The normalized spacial score (nSPS) is 20.6. The molecule has 0 aromatic carbocycles. The van der Waals surface area contributed by atoms with Gasteiger partial charge in [0.1, 0.15) is 5.82 Å². The second kappa shape index (κ2) is 9.32. The molecule has 3 aliphatic heterocycles. The van der Waals surface area contributed by atoms with Gasteiger partial charge in [-0.05, 0) is 37.8 Å². The van der Waals surface area contributed by atoms with Crippen LogP contribution in [0.25, 0.3) is 11.4 Å². The molecule has 1 amide bonds. The Morgan fingerprint density at radius 2 is 1.61 bits per heavy atom. The van der Waals surface area contributed by atoms with Crippen LogP contribution in [0.4, 0.5) is 5.82 Å². The number of anilines is 1. The monoisotopic (exact) mass is 425 g/mol. The molecule has 0 saturated carbocycles. The fourth-order valence-corrected chi connectivity index (χ4v) is 4.64. The Hall–Kier alpha value is -2.52. The number of hydrogen-bond acceptors (Lipinski definition) is 8. The molecule has 0 bridgehead atoms. The minimum absolute atomic E-state index is 0.275. The van der Waals surface area contributed by atoms with Crippen molar-refractivity contribution in [1.29, 1.82) is 0 Å². The van der Waals surface area contributed by atoms with Gasteiger partial charge >= 0.3 is 0 Å². The lowest BCUT2D eigenvalue weighted by atomic mass is 10.2. The van der Waals surface area contributed by atoms with Crippen LogP contribution in [0.15, 0.2) is 22.9 Å².